The van der Waals surface area contributed by atoms with E-state index in [1.54, 1.807) is 42.5 Å². The highest BCUT2D eigenvalue weighted by Crippen LogP contribution is 2.39. The largest absolute Gasteiger partial charge is 0.486 e. The molecule has 4 nitrogen and oxygen atoms in total. The molecule has 0 aromatic heterocycles. The van der Waals surface area contributed by atoms with E-state index in [0.29, 0.717) is 34.7 Å². The summed E-state index contributed by atoms with van der Waals surface area (Å²) >= 11 is 26.1. The second-order valence-corrected chi connectivity index (χ2v) is 11.2. The minimum atomic E-state index is -0.347. The first kappa shape index (κ1) is 25.6. The topological polar surface area (TPSA) is 46.6 Å². The van der Waals surface area contributed by atoms with Crippen molar-refractivity contribution in [2.75, 3.05) is 0 Å². The molecule has 10 heteroatoms. The van der Waals surface area contributed by atoms with Gasteiger partial charge in [0.2, 0.25) is 0 Å². The van der Waals surface area contributed by atoms with Gasteiger partial charge in [-0.25, -0.2) is 0 Å². The molecule has 0 unspecified atom stereocenters. The lowest BCUT2D eigenvalue weighted by Gasteiger charge is -2.13. The van der Waals surface area contributed by atoms with Gasteiger partial charge in [0, 0.05) is 20.6 Å². The van der Waals surface area contributed by atoms with Crippen LogP contribution in [-0.2, 0) is 17.9 Å². The maximum absolute atomic E-state index is 12.9. The van der Waals surface area contributed by atoms with Gasteiger partial charge in [-0.15, -0.1) is 0 Å². The molecule has 0 spiro atoms. The fourth-order valence-corrected chi connectivity index (χ4v) is 6.16. The van der Waals surface area contributed by atoms with Crippen LogP contribution in [0.15, 0.2) is 68.4 Å². The summed E-state index contributed by atoms with van der Waals surface area (Å²) in [6, 6.07) is 15.9. The highest BCUT2D eigenvalue weighted by atomic mass is 79.9. The average molecular weight is 663 g/mol. The Hall–Kier alpha value is -1.48. The van der Waals surface area contributed by atoms with Gasteiger partial charge in [0.05, 0.1) is 20.4 Å². The first-order chi connectivity index (χ1) is 16.2. The van der Waals surface area contributed by atoms with Gasteiger partial charge >= 0.3 is 0 Å². The number of thioether (sulfide) groups is 1. The normalized spacial score (nSPS) is 14.9. The minimum absolute atomic E-state index is 0.163. The lowest BCUT2D eigenvalue weighted by atomic mass is 10.2. The fourth-order valence-electron chi connectivity index (χ4n) is 3.19. The highest BCUT2D eigenvalue weighted by Gasteiger charge is 2.35. The molecule has 0 radical (unpaired) electrons. The van der Waals surface area contributed by atoms with Crippen LogP contribution in [0.4, 0.5) is 4.79 Å². The Morgan fingerprint density at radius 1 is 0.941 bits per heavy atom. The number of carbonyl (C=O) groups excluding carboxylic acids is 2. The summed E-state index contributed by atoms with van der Waals surface area (Å²) in [5.41, 5.74) is 2.30. The zero-order valence-electron chi connectivity index (χ0n) is 17.2. The molecule has 0 atom stereocenters. The molecule has 0 saturated carbocycles. The maximum Gasteiger partial charge on any atom is 0.293 e. The van der Waals surface area contributed by atoms with Crippen LogP contribution in [0.5, 0.6) is 5.75 Å². The van der Waals surface area contributed by atoms with E-state index in [0.717, 1.165) is 28.5 Å². The number of rotatable bonds is 6. The highest BCUT2D eigenvalue weighted by molar-refractivity contribution is 9.11. The summed E-state index contributed by atoms with van der Waals surface area (Å²) in [5, 5.41) is 1.30. The van der Waals surface area contributed by atoms with E-state index in [1.807, 2.05) is 18.2 Å². The van der Waals surface area contributed by atoms with E-state index in [-0.39, 0.29) is 24.3 Å². The third kappa shape index (κ3) is 6.01. The first-order valence-electron chi connectivity index (χ1n) is 9.77. The number of imide groups is 1. The molecule has 1 heterocycles. The third-order valence-electron chi connectivity index (χ3n) is 4.81. The number of benzene rings is 3. The van der Waals surface area contributed by atoms with Gasteiger partial charge in [-0.3, -0.25) is 14.5 Å². The molecule has 1 aliphatic heterocycles. The molecular weight excluding hydrogens is 649 g/mol. The summed E-state index contributed by atoms with van der Waals surface area (Å²) in [6.07, 6.45) is 1.68. The number of ether oxygens (including phenoxy) is 1. The van der Waals surface area contributed by atoms with Crippen molar-refractivity contribution in [1.29, 1.82) is 0 Å². The van der Waals surface area contributed by atoms with E-state index >= 15 is 0 Å². The SMILES string of the molecule is O=C1S/C(=C\c2cc(Br)c(OCc3ccc(Cl)cc3Cl)c(Br)c2)C(=O)N1Cc1cccc(Cl)c1. The predicted molar refractivity (Wildman–Crippen MR) is 146 cm³/mol. The Balaban J connectivity index is 1.50. The second kappa shape index (κ2) is 11.1. The van der Waals surface area contributed by atoms with E-state index in [1.165, 1.54) is 4.90 Å². The molecule has 0 N–H and O–H groups in total. The standard InChI is InChI=1S/C24H14Br2Cl3NO3S/c25-18-7-14(8-19(26)22(18)33-12-15-4-5-17(28)10-20(15)29)9-21-23(31)30(24(32)34-21)11-13-2-1-3-16(27)6-13/h1-10H,11-12H2/b21-9-. The van der Waals surface area contributed by atoms with Gasteiger partial charge in [-0.05, 0) is 97.2 Å². The lowest BCUT2D eigenvalue weighted by molar-refractivity contribution is -0.123. The van der Waals surface area contributed by atoms with E-state index < -0.39 is 0 Å². The van der Waals surface area contributed by atoms with Crippen LogP contribution in [0.2, 0.25) is 15.1 Å². The molecule has 2 amide bonds. The third-order valence-corrected chi connectivity index (χ3v) is 7.72. The number of hydrogen-bond donors (Lipinski definition) is 0. The Morgan fingerprint density at radius 2 is 1.65 bits per heavy atom. The van der Waals surface area contributed by atoms with Gasteiger partial charge in [0.25, 0.3) is 11.1 Å². The maximum atomic E-state index is 12.9. The number of amides is 2. The molecule has 3 aromatic rings. The Morgan fingerprint density at radius 3 is 2.32 bits per heavy atom. The van der Waals surface area contributed by atoms with Crippen molar-refractivity contribution in [2.45, 2.75) is 13.2 Å². The summed E-state index contributed by atoms with van der Waals surface area (Å²) in [5.74, 6) is 0.233. The molecule has 4 rings (SSSR count). The number of halogens is 5. The molecule has 1 fully saturated rings. The van der Waals surface area contributed by atoms with Gasteiger partial charge in [0.15, 0.2) is 0 Å². The lowest BCUT2D eigenvalue weighted by Crippen LogP contribution is -2.27. The van der Waals surface area contributed by atoms with Crippen molar-refractivity contribution < 1.29 is 14.3 Å². The van der Waals surface area contributed by atoms with Gasteiger partial charge in [-0.1, -0.05) is 53.0 Å². The summed E-state index contributed by atoms with van der Waals surface area (Å²) < 4.78 is 7.30. The second-order valence-electron chi connectivity index (χ2n) is 7.24. The van der Waals surface area contributed by atoms with Crippen molar-refractivity contribution in [1.82, 2.24) is 4.90 Å². The summed E-state index contributed by atoms with van der Waals surface area (Å²) in [6.45, 7) is 0.408. The molecule has 0 aliphatic carbocycles. The van der Waals surface area contributed by atoms with Crippen LogP contribution in [0.25, 0.3) is 6.08 Å². The number of hydrogen-bond acceptors (Lipinski definition) is 4. The summed E-state index contributed by atoms with van der Waals surface area (Å²) in [4.78, 5) is 26.9. The average Bonchev–Trinajstić information content (AvgIpc) is 3.02. The minimum Gasteiger partial charge on any atom is -0.486 e. The van der Waals surface area contributed by atoms with Crippen molar-refractivity contribution in [3.05, 3.63) is 100 Å². The molecule has 0 bridgehead atoms. The van der Waals surface area contributed by atoms with Gasteiger partial charge in [-0.2, -0.15) is 0 Å². The Labute approximate surface area is 232 Å². The predicted octanol–water partition coefficient (Wildman–Crippen LogP) is 8.99. The van der Waals surface area contributed by atoms with Crippen LogP contribution in [-0.4, -0.2) is 16.0 Å². The van der Waals surface area contributed by atoms with Crippen molar-refractivity contribution in [3.8, 4) is 5.75 Å². The van der Waals surface area contributed by atoms with Crippen molar-refractivity contribution in [2.24, 2.45) is 0 Å². The molecule has 34 heavy (non-hydrogen) atoms. The molecule has 174 valence electrons. The number of nitrogens with zero attached hydrogens (tertiary/aromatic N) is 1. The van der Waals surface area contributed by atoms with E-state index in [9.17, 15) is 9.59 Å². The quantitative estimate of drug-likeness (QED) is 0.247. The van der Waals surface area contributed by atoms with Crippen LogP contribution < -0.4 is 4.74 Å². The fraction of sp³-hybridized carbons (Fsp3) is 0.0833. The Bertz CT molecular complexity index is 1310. The van der Waals surface area contributed by atoms with Crippen LogP contribution in [0, 0.1) is 0 Å². The molecule has 3 aromatic carbocycles. The molecule has 1 aliphatic rings. The first-order valence-corrected chi connectivity index (χ1v) is 13.3. The molecule has 1 saturated heterocycles. The monoisotopic (exact) mass is 659 g/mol. The zero-order valence-corrected chi connectivity index (χ0v) is 23.4. The van der Waals surface area contributed by atoms with Crippen LogP contribution in [0.3, 0.4) is 0 Å². The van der Waals surface area contributed by atoms with Crippen molar-refractivity contribution in [3.63, 3.8) is 0 Å². The van der Waals surface area contributed by atoms with Crippen LogP contribution in [0.1, 0.15) is 16.7 Å². The molecular formula is C24H14Br2Cl3NO3S. The smallest absolute Gasteiger partial charge is 0.293 e. The van der Waals surface area contributed by atoms with E-state index in [2.05, 4.69) is 31.9 Å². The zero-order chi connectivity index (χ0) is 24.4. The van der Waals surface area contributed by atoms with Gasteiger partial charge < -0.3 is 4.74 Å². The summed E-state index contributed by atoms with van der Waals surface area (Å²) in [7, 11) is 0. The Kier molecular flexibility index (Phi) is 8.33. The van der Waals surface area contributed by atoms with Crippen LogP contribution >= 0.6 is 78.4 Å². The van der Waals surface area contributed by atoms with Crippen molar-refractivity contribution >= 4 is 95.6 Å². The van der Waals surface area contributed by atoms with E-state index in [4.69, 9.17) is 39.5 Å². The van der Waals surface area contributed by atoms with Gasteiger partial charge in [0.1, 0.15) is 12.4 Å². The number of carbonyl (C=O) groups is 2.